The van der Waals surface area contributed by atoms with Crippen LogP contribution in [0, 0.1) is 13.8 Å². The van der Waals surface area contributed by atoms with Gasteiger partial charge in [0.05, 0.1) is 11.4 Å². The van der Waals surface area contributed by atoms with Crippen molar-refractivity contribution in [3.8, 4) is 11.3 Å². The molecule has 7 nitrogen and oxygen atoms in total. The van der Waals surface area contributed by atoms with E-state index in [2.05, 4.69) is 20.9 Å². The van der Waals surface area contributed by atoms with Gasteiger partial charge in [0.2, 0.25) is 5.91 Å². The van der Waals surface area contributed by atoms with Crippen LogP contribution in [-0.4, -0.2) is 28.5 Å². The average Bonchev–Trinajstić information content (AvgIpc) is 3.50. The summed E-state index contributed by atoms with van der Waals surface area (Å²) in [6.45, 7) is 4.01. The molecule has 3 N–H and O–H groups in total. The van der Waals surface area contributed by atoms with Gasteiger partial charge < -0.3 is 16.0 Å². The molecule has 0 aliphatic heterocycles. The molecule has 0 unspecified atom stereocenters. The summed E-state index contributed by atoms with van der Waals surface area (Å²) in [6.07, 6.45) is 1.64. The highest BCUT2D eigenvalue weighted by Gasteiger charge is 2.16. The topological polar surface area (TPSA) is 100 Å². The number of nitrogens with one attached hydrogen (secondary N) is 3. The number of aryl methyl sites for hydroxylation is 2. The molecule has 0 saturated heterocycles. The minimum atomic E-state index is -0.470. The second-order valence-corrected chi connectivity index (χ2v) is 11.9. The number of anilines is 2. The van der Waals surface area contributed by atoms with Gasteiger partial charge in [-0.2, -0.15) is 0 Å². The lowest BCUT2D eigenvalue weighted by atomic mass is 10.1. The lowest BCUT2D eigenvalue weighted by Crippen LogP contribution is -2.30. The van der Waals surface area contributed by atoms with Crippen molar-refractivity contribution in [2.45, 2.75) is 18.7 Å². The molecule has 0 spiro atoms. The number of carbonyl (C=O) groups excluding carboxylic acids is 3. The number of nitrogens with zero attached hydrogens (tertiary/aromatic N) is 1. The van der Waals surface area contributed by atoms with E-state index in [4.69, 9.17) is 0 Å². The number of benzene rings is 4. The minimum Gasteiger partial charge on any atom is -0.321 e. The second-order valence-electron chi connectivity index (χ2n) is 10.0. The van der Waals surface area contributed by atoms with Crippen LogP contribution in [0.15, 0.2) is 119 Å². The molecular formula is C35H30N4O3S2. The summed E-state index contributed by atoms with van der Waals surface area (Å²) < 4.78 is 0. The van der Waals surface area contributed by atoms with Crippen molar-refractivity contribution in [2.24, 2.45) is 0 Å². The molecule has 0 saturated carbocycles. The third-order valence-corrected chi connectivity index (χ3v) is 8.23. The highest BCUT2D eigenvalue weighted by molar-refractivity contribution is 8.00. The molecule has 5 aromatic rings. The fourth-order valence-corrected chi connectivity index (χ4v) is 5.62. The summed E-state index contributed by atoms with van der Waals surface area (Å²) in [5.74, 6) is -0.868. The Morgan fingerprint density at radius 2 is 1.52 bits per heavy atom. The predicted octanol–water partition coefficient (Wildman–Crippen LogP) is 7.57. The van der Waals surface area contributed by atoms with Gasteiger partial charge in [-0.1, -0.05) is 83.9 Å². The van der Waals surface area contributed by atoms with Crippen molar-refractivity contribution < 1.29 is 14.4 Å². The van der Waals surface area contributed by atoms with Crippen molar-refractivity contribution in [1.29, 1.82) is 0 Å². The first-order valence-electron chi connectivity index (χ1n) is 13.8. The molecule has 0 radical (unpaired) electrons. The van der Waals surface area contributed by atoms with Crippen LogP contribution in [0.25, 0.3) is 17.3 Å². The summed E-state index contributed by atoms with van der Waals surface area (Å²) >= 11 is 2.72. The highest BCUT2D eigenvalue weighted by Crippen LogP contribution is 2.26. The number of thioether (sulfide) groups is 1. The average molecular weight is 619 g/mol. The zero-order valence-corrected chi connectivity index (χ0v) is 25.8. The Bertz CT molecular complexity index is 1800. The van der Waals surface area contributed by atoms with Crippen LogP contribution < -0.4 is 16.0 Å². The molecule has 1 heterocycles. The van der Waals surface area contributed by atoms with Crippen molar-refractivity contribution in [1.82, 2.24) is 10.3 Å². The molecule has 0 aliphatic carbocycles. The number of carbonyl (C=O) groups is 3. The zero-order valence-electron chi connectivity index (χ0n) is 24.2. The van der Waals surface area contributed by atoms with Crippen LogP contribution in [0.1, 0.15) is 27.0 Å². The standard InChI is InChI=1S/C35H30N4O3S2/c1-23-11-15-25(16-12-23)19-30(37-33(41)27-7-4-3-5-8-27)34(42)36-28-9-6-10-29(20-28)43-22-32(40)39-35-38-31(21-44-35)26-17-13-24(2)14-18-26/h3-21H,22H2,1-2H3,(H,36,42)(H,37,41)(H,38,39,40)/b30-19-. The van der Waals surface area contributed by atoms with Gasteiger partial charge in [0.15, 0.2) is 5.13 Å². The number of hydrogen-bond donors (Lipinski definition) is 3. The maximum Gasteiger partial charge on any atom is 0.272 e. The van der Waals surface area contributed by atoms with E-state index < -0.39 is 5.91 Å². The number of rotatable bonds is 10. The molecule has 1 aromatic heterocycles. The molecule has 4 aromatic carbocycles. The van der Waals surface area contributed by atoms with E-state index in [0.717, 1.165) is 27.3 Å². The van der Waals surface area contributed by atoms with Crippen molar-refractivity contribution >= 4 is 57.7 Å². The van der Waals surface area contributed by atoms with Gasteiger partial charge in [0.25, 0.3) is 11.8 Å². The first kappa shape index (κ1) is 30.5. The Morgan fingerprint density at radius 1 is 0.818 bits per heavy atom. The number of hydrogen-bond acceptors (Lipinski definition) is 6. The Balaban J connectivity index is 1.22. The quantitative estimate of drug-likeness (QED) is 0.111. The highest BCUT2D eigenvalue weighted by atomic mass is 32.2. The molecule has 0 bridgehead atoms. The predicted molar refractivity (Wildman–Crippen MR) is 180 cm³/mol. The lowest BCUT2D eigenvalue weighted by molar-refractivity contribution is -0.114. The third kappa shape index (κ3) is 8.53. The summed E-state index contributed by atoms with van der Waals surface area (Å²) in [7, 11) is 0. The maximum atomic E-state index is 13.4. The summed E-state index contributed by atoms with van der Waals surface area (Å²) in [4.78, 5) is 44.3. The Kier molecular flexibility index (Phi) is 10.0. The van der Waals surface area contributed by atoms with Crippen molar-refractivity contribution in [2.75, 3.05) is 16.4 Å². The van der Waals surface area contributed by atoms with Crippen molar-refractivity contribution in [3.63, 3.8) is 0 Å². The monoisotopic (exact) mass is 618 g/mol. The van der Waals surface area contributed by atoms with Gasteiger partial charge >= 0.3 is 0 Å². The fraction of sp³-hybridized carbons (Fsp3) is 0.0857. The molecule has 0 atom stereocenters. The molecule has 220 valence electrons. The maximum absolute atomic E-state index is 13.4. The zero-order chi connectivity index (χ0) is 30.9. The van der Waals surface area contributed by atoms with E-state index in [1.54, 1.807) is 48.5 Å². The molecule has 9 heteroatoms. The SMILES string of the molecule is Cc1ccc(/C=C(\NC(=O)c2ccccc2)C(=O)Nc2cccc(SCC(=O)Nc3nc(-c4ccc(C)cc4)cs3)c2)cc1. The van der Waals surface area contributed by atoms with Crippen LogP contribution in [-0.2, 0) is 9.59 Å². The van der Waals surface area contributed by atoms with Crippen LogP contribution in [0.5, 0.6) is 0 Å². The normalized spacial score (nSPS) is 11.1. The molecule has 0 aliphatic rings. The van der Waals surface area contributed by atoms with E-state index in [1.165, 1.54) is 28.7 Å². The van der Waals surface area contributed by atoms with Crippen molar-refractivity contribution in [3.05, 3.63) is 136 Å². The smallest absolute Gasteiger partial charge is 0.272 e. The number of aromatic nitrogens is 1. The van der Waals surface area contributed by atoms with Crippen LogP contribution in [0.3, 0.4) is 0 Å². The minimum absolute atomic E-state index is 0.105. The number of amides is 3. The first-order chi connectivity index (χ1) is 21.3. The number of thiazole rings is 1. The molecule has 3 amide bonds. The molecule has 5 rings (SSSR count). The fourth-order valence-electron chi connectivity index (χ4n) is 4.13. The molecular weight excluding hydrogens is 589 g/mol. The van der Waals surface area contributed by atoms with Crippen LogP contribution >= 0.6 is 23.1 Å². The Hall–Kier alpha value is -4.99. The van der Waals surface area contributed by atoms with Gasteiger partial charge in [0.1, 0.15) is 5.70 Å². The molecule has 0 fully saturated rings. The van der Waals surface area contributed by atoms with Crippen LogP contribution in [0.2, 0.25) is 0 Å². The van der Waals surface area contributed by atoms with Gasteiger partial charge in [-0.05, 0) is 55.8 Å². The van der Waals surface area contributed by atoms with E-state index in [0.29, 0.717) is 16.4 Å². The van der Waals surface area contributed by atoms with Gasteiger partial charge in [-0.25, -0.2) is 4.98 Å². The van der Waals surface area contributed by atoms with E-state index in [-0.39, 0.29) is 23.3 Å². The van der Waals surface area contributed by atoms with E-state index in [1.807, 2.05) is 79.9 Å². The van der Waals surface area contributed by atoms with E-state index in [9.17, 15) is 14.4 Å². The van der Waals surface area contributed by atoms with Crippen LogP contribution in [0.4, 0.5) is 10.8 Å². The second kappa shape index (κ2) is 14.5. The summed E-state index contributed by atoms with van der Waals surface area (Å²) in [6, 6.07) is 31.7. The van der Waals surface area contributed by atoms with E-state index >= 15 is 0 Å². The third-order valence-electron chi connectivity index (χ3n) is 6.48. The first-order valence-corrected chi connectivity index (χ1v) is 15.7. The van der Waals surface area contributed by atoms with Gasteiger partial charge in [0, 0.05) is 27.1 Å². The Morgan fingerprint density at radius 3 is 2.25 bits per heavy atom. The van der Waals surface area contributed by atoms with Gasteiger partial charge in [-0.3, -0.25) is 14.4 Å². The van der Waals surface area contributed by atoms with Gasteiger partial charge in [-0.15, -0.1) is 23.1 Å². The molecule has 44 heavy (non-hydrogen) atoms. The summed E-state index contributed by atoms with van der Waals surface area (Å²) in [5, 5.41) is 11.0. The lowest BCUT2D eigenvalue weighted by Gasteiger charge is -2.12. The Labute approximate surface area is 264 Å². The largest absolute Gasteiger partial charge is 0.321 e. The summed E-state index contributed by atoms with van der Waals surface area (Å²) in [5.41, 5.74) is 5.93.